The number of hydrogen-bond acceptors (Lipinski definition) is 4. The van der Waals surface area contributed by atoms with Crippen LogP contribution in [0.1, 0.15) is 38.6 Å². The van der Waals surface area contributed by atoms with Gasteiger partial charge in [0.15, 0.2) is 5.65 Å². The molecule has 0 spiro atoms. The third-order valence-corrected chi connectivity index (χ3v) is 3.41. The summed E-state index contributed by atoms with van der Waals surface area (Å²) < 4.78 is 7.02. The molecule has 6 nitrogen and oxygen atoms in total. The van der Waals surface area contributed by atoms with Crippen LogP contribution in [0.3, 0.4) is 0 Å². The van der Waals surface area contributed by atoms with Crippen molar-refractivity contribution in [1.82, 2.24) is 19.5 Å². The Morgan fingerprint density at radius 1 is 1.50 bits per heavy atom. The standard InChI is InChI=1S/C12H16N4O2/c1-2-18-11-13-7-9-10(14-11)15-12(17)16(9)8-5-3-4-6-8/h7-8H,2-6H2,1H3,(H,13,14,15,17). The van der Waals surface area contributed by atoms with Crippen LogP contribution in [0.2, 0.25) is 0 Å². The van der Waals surface area contributed by atoms with Gasteiger partial charge < -0.3 is 4.74 Å². The maximum Gasteiger partial charge on any atom is 0.327 e. The SMILES string of the molecule is CCOc1ncc2c(n1)[nH]c(=O)n2C1CCCC1. The van der Waals surface area contributed by atoms with Gasteiger partial charge in [0.25, 0.3) is 0 Å². The predicted octanol–water partition coefficient (Wildman–Crippen LogP) is 1.63. The van der Waals surface area contributed by atoms with Gasteiger partial charge in [-0.1, -0.05) is 12.8 Å². The molecule has 0 amide bonds. The van der Waals surface area contributed by atoms with Crippen molar-refractivity contribution in [3.05, 3.63) is 16.7 Å². The molecule has 96 valence electrons. The number of hydrogen-bond donors (Lipinski definition) is 1. The summed E-state index contributed by atoms with van der Waals surface area (Å²) in [6, 6.07) is 0.595. The van der Waals surface area contributed by atoms with E-state index in [0.29, 0.717) is 18.3 Å². The first-order chi connectivity index (χ1) is 8.79. The van der Waals surface area contributed by atoms with Crippen molar-refractivity contribution in [2.75, 3.05) is 6.61 Å². The molecule has 1 aliphatic rings. The summed E-state index contributed by atoms with van der Waals surface area (Å²) in [5, 5.41) is 0. The lowest BCUT2D eigenvalue weighted by molar-refractivity contribution is 0.313. The van der Waals surface area contributed by atoms with Crippen molar-refractivity contribution in [2.24, 2.45) is 0 Å². The molecule has 0 atom stereocenters. The second kappa shape index (κ2) is 4.44. The van der Waals surface area contributed by atoms with Crippen molar-refractivity contribution in [3.63, 3.8) is 0 Å². The molecule has 1 fully saturated rings. The van der Waals surface area contributed by atoms with Crippen LogP contribution in [0.15, 0.2) is 11.0 Å². The fourth-order valence-corrected chi connectivity index (χ4v) is 2.62. The van der Waals surface area contributed by atoms with Gasteiger partial charge in [-0.15, -0.1) is 0 Å². The van der Waals surface area contributed by atoms with Crippen LogP contribution >= 0.6 is 0 Å². The molecular weight excluding hydrogens is 232 g/mol. The van der Waals surface area contributed by atoms with E-state index < -0.39 is 0 Å². The van der Waals surface area contributed by atoms with Gasteiger partial charge >= 0.3 is 11.7 Å². The van der Waals surface area contributed by atoms with E-state index in [0.717, 1.165) is 18.4 Å². The molecule has 2 aromatic heterocycles. The van der Waals surface area contributed by atoms with Gasteiger partial charge in [-0.05, 0) is 19.8 Å². The summed E-state index contributed by atoms with van der Waals surface area (Å²) in [6.07, 6.45) is 6.15. The van der Waals surface area contributed by atoms with Crippen LogP contribution in [0.25, 0.3) is 11.2 Å². The molecule has 2 heterocycles. The first-order valence-electron chi connectivity index (χ1n) is 6.39. The number of imidazole rings is 1. The third kappa shape index (κ3) is 1.77. The van der Waals surface area contributed by atoms with E-state index in [2.05, 4.69) is 15.0 Å². The Morgan fingerprint density at radius 2 is 2.28 bits per heavy atom. The molecule has 0 radical (unpaired) electrons. The summed E-state index contributed by atoms with van der Waals surface area (Å²) in [4.78, 5) is 23.1. The predicted molar refractivity (Wildman–Crippen MR) is 66.8 cm³/mol. The number of fused-ring (bicyclic) bond motifs is 1. The molecule has 1 aliphatic carbocycles. The Labute approximate surface area is 104 Å². The van der Waals surface area contributed by atoms with Gasteiger partial charge in [0.05, 0.1) is 12.8 Å². The Kier molecular flexibility index (Phi) is 2.77. The highest BCUT2D eigenvalue weighted by molar-refractivity contribution is 5.70. The maximum absolute atomic E-state index is 12.0. The van der Waals surface area contributed by atoms with Gasteiger partial charge in [0.2, 0.25) is 0 Å². The molecule has 0 aliphatic heterocycles. The number of nitrogens with zero attached hydrogens (tertiary/aromatic N) is 3. The van der Waals surface area contributed by atoms with Crippen LogP contribution in [0.4, 0.5) is 0 Å². The maximum atomic E-state index is 12.0. The minimum absolute atomic E-state index is 0.0974. The monoisotopic (exact) mass is 248 g/mol. The van der Waals surface area contributed by atoms with Crippen molar-refractivity contribution in [3.8, 4) is 6.01 Å². The average Bonchev–Trinajstić information content (AvgIpc) is 2.95. The van der Waals surface area contributed by atoms with Crippen LogP contribution in [-0.2, 0) is 0 Å². The summed E-state index contributed by atoms with van der Waals surface area (Å²) >= 11 is 0. The highest BCUT2D eigenvalue weighted by Gasteiger charge is 2.21. The van der Waals surface area contributed by atoms with Gasteiger partial charge in [-0.2, -0.15) is 4.98 Å². The van der Waals surface area contributed by atoms with Crippen LogP contribution in [0, 0.1) is 0 Å². The van der Waals surface area contributed by atoms with Gasteiger partial charge in [0.1, 0.15) is 5.52 Å². The summed E-state index contributed by atoms with van der Waals surface area (Å²) in [5.41, 5.74) is 1.24. The third-order valence-electron chi connectivity index (χ3n) is 3.41. The van der Waals surface area contributed by atoms with Gasteiger partial charge in [-0.25, -0.2) is 9.78 Å². The van der Waals surface area contributed by atoms with Crippen LogP contribution in [0.5, 0.6) is 6.01 Å². The Hall–Kier alpha value is -1.85. The number of aromatic amines is 1. The molecule has 1 N–H and O–H groups in total. The number of H-pyrrole nitrogens is 1. The van der Waals surface area contributed by atoms with Gasteiger partial charge in [-0.3, -0.25) is 9.55 Å². The fourth-order valence-electron chi connectivity index (χ4n) is 2.62. The fraction of sp³-hybridized carbons (Fsp3) is 0.583. The number of nitrogens with one attached hydrogen (secondary N) is 1. The quantitative estimate of drug-likeness (QED) is 0.896. The van der Waals surface area contributed by atoms with Crippen molar-refractivity contribution in [2.45, 2.75) is 38.6 Å². The molecule has 18 heavy (non-hydrogen) atoms. The van der Waals surface area contributed by atoms with Crippen molar-refractivity contribution >= 4 is 11.2 Å². The highest BCUT2D eigenvalue weighted by atomic mass is 16.5. The van der Waals surface area contributed by atoms with Crippen molar-refractivity contribution in [1.29, 1.82) is 0 Å². The number of aromatic nitrogens is 4. The minimum Gasteiger partial charge on any atom is -0.464 e. The zero-order valence-corrected chi connectivity index (χ0v) is 10.3. The lowest BCUT2D eigenvalue weighted by Crippen LogP contribution is -2.20. The molecule has 0 bridgehead atoms. The Bertz CT molecular complexity index is 610. The van der Waals surface area contributed by atoms with E-state index in [4.69, 9.17) is 4.74 Å². The molecule has 0 saturated heterocycles. The molecule has 0 unspecified atom stereocenters. The summed E-state index contributed by atoms with van der Waals surface area (Å²) in [5.74, 6) is 0. The highest BCUT2D eigenvalue weighted by Crippen LogP contribution is 2.30. The zero-order chi connectivity index (χ0) is 12.5. The molecule has 0 aromatic carbocycles. The molecular formula is C12H16N4O2. The Morgan fingerprint density at radius 3 is 3.00 bits per heavy atom. The number of ether oxygens (including phenoxy) is 1. The first-order valence-corrected chi connectivity index (χ1v) is 6.39. The smallest absolute Gasteiger partial charge is 0.327 e. The molecule has 3 rings (SSSR count). The average molecular weight is 248 g/mol. The van der Waals surface area contributed by atoms with Crippen LogP contribution in [-0.4, -0.2) is 26.1 Å². The second-order valence-corrected chi connectivity index (χ2v) is 4.56. The molecule has 6 heteroatoms. The van der Waals surface area contributed by atoms with E-state index in [1.165, 1.54) is 12.8 Å². The Balaban J connectivity index is 2.09. The molecule has 2 aromatic rings. The largest absolute Gasteiger partial charge is 0.464 e. The summed E-state index contributed by atoms with van der Waals surface area (Å²) in [6.45, 7) is 2.39. The normalized spacial score (nSPS) is 16.5. The lowest BCUT2D eigenvalue weighted by atomic mass is 10.2. The van der Waals surface area contributed by atoms with Gasteiger partial charge in [0, 0.05) is 6.04 Å². The zero-order valence-electron chi connectivity index (χ0n) is 10.3. The van der Waals surface area contributed by atoms with E-state index in [9.17, 15) is 4.79 Å². The van der Waals surface area contributed by atoms with E-state index in [-0.39, 0.29) is 11.7 Å². The van der Waals surface area contributed by atoms with E-state index >= 15 is 0 Å². The molecule has 1 saturated carbocycles. The second-order valence-electron chi connectivity index (χ2n) is 4.56. The summed E-state index contributed by atoms with van der Waals surface area (Å²) in [7, 11) is 0. The van der Waals surface area contributed by atoms with E-state index in [1.807, 2.05) is 6.92 Å². The topological polar surface area (TPSA) is 72.8 Å². The van der Waals surface area contributed by atoms with Crippen LogP contribution < -0.4 is 10.4 Å². The van der Waals surface area contributed by atoms with Crippen molar-refractivity contribution < 1.29 is 4.74 Å². The lowest BCUT2D eigenvalue weighted by Gasteiger charge is -2.10. The number of rotatable bonds is 3. The first kappa shape index (κ1) is 11.3. The minimum atomic E-state index is -0.0974. The van der Waals surface area contributed by atoms with E-state index in [1.54, 1.807) is 10.8 Å².